The van der Waals surface area contributed by atoms with E-state index in [2.05, 4.69) is 4.98 Å². The van der Waals surface area contributed by atoms with Crippen molar-refractivity contribution < 1.29 is 19.4 Å². The lowest BCUT2D eigenvalue weighted by Gasteiger charge is -2.24. The molecule has 6 nitrogen and oxygen atoms in total. The lowest BCUT2D eigenvalue weighted by molar-refractivity contribution is -0.151. The molecule has 0 radical (unpaired) electrons. The Balaban J connectivity index is 1.88. The van der Waals surface area contributed by atoms with Crippen LogP contribution >= 0.6 is 11.6 Å². The minimum Gasteiger partial charge on any atom is -0.481 e. The zero-order chi connectivity index (χ0) is 18.7. The summed E-state index contributed by atoms with van der Waals surface area (Å²) >= 11 is 6.24. The van der Waals surface area contributed by atoms with Gasteiger partial charge in [0.1, 0.15) is 5.41 Å². The lowest BCUT2D eigenvalue weighted by atomic mass is 9.88. The fourth-order valence-corrected chi connectivity index (χ4v) is 3.43. The zero-order valence-corrected chi connectivity index (χ0v) is 15.1. The van der Waals surface area contributed by atoms with Crippen LogP contribution in [0, 0.1) is 5.41 Å². The highest BCUT2D eigenvalue weighted by Crippen LogP contribution is 2.33. The number of nitrogens with zero attached hydrogens (tertiary/aromatic N) is 2. The van der Waals surface area contributed by atoms with E-state index in [1.54, 1.807) is 24.4 Å². The third-order valence-corrected chi connectivity index (χ3v) is 5.00. The number of carbonyl (C=O) groups excluding carboxylic acids is 1. The second-order valence-electron chi connectivity index (χ2n) is 6.40. The summed E-state index contributed by atoms with van der Waals surface area (Å²) in [6.07, 6.45) is 2.03. The minimum atomic E-state index is -1.07. The van der Waals surface area contributed by atoms with Crippen LogP contribution in [0.25, 0.3) is 11.3 Å². The average Bonchev–Trinajstić information content (AvgIpc) is 3.08. The highest BCUT2D eigenvalue weighted by molar-refractivity contribution is 6.34. The van der Waals surface area contributed by atoms with Crippen molar-refractivity contribution in [3.63, 3.8) is 0 Å². The van der Waals surface area contributed by atoms with Crippen molar-refractivity contribution in [2.75, 3.05) is 26.8 Å². The number of halogens is 1. The van der Waals surface area contributed by atoms with Crippen molar-refractivity contribution in [3.8, 4) is 11.3 Å². The Labute approximate surface area is 156 Å². The van der Waals surface area contributed by atoms with E-state index < -0.39 is 11.4 Å². The molecule has 1 aliphatic heterocycles. The number of aliphatic carboxylic acids is 1. The molecule has 7 heteroatoms. The summed E-state index contributed by atoms with van der Waals surface area (Å²) in [5.74, 6) is -1.24. The number of carbonyl (C=O) groups is 2. The third-order valence-electron chi connectivity index (χ3n) is 4.67. The van der Waals surface area contributed by atoms with E-state index in [4.69, 9.17) is 16.3 Å². The smallest absolute Gasteiger partial charge is 0.313 e. The molecule has 1 N–H and O–H groups in total. The van der Waals surface area contributed by atoms with Gasteiger partial charge < -0.3 is 14.7 Å². The number of pyridine rings is 1. The van der Waals surface area contributed by atoms with Gasteiger partial charge in [-0.1, -0.05) is 23.7 Å². The number of methoxy groups -OCH3 is 1. The number of rotatable bonds is 5. The van der Waals surface area contributed by atoms with E-state index in [9.17, 15) is 14.7 Å². The van der Waals surface area contributed by atoms with Crippen molar-refractivity contribution in [2.45, 2.75) is 6.42 Å². The van der Waals surface area contributed by atoms with Gasteiger partial charge in [-0.25, -0.2) is 0 Å². The Morgan fingerprint density at radius 1 is 1.35 bits per heavy atom. The van der Waals surface area contributed by atoms with Gasteiger partial charge in [-0.3, -0.25) is 14.6 Å². The molecular weight excluding hydrogens is 356 g/mol. The molecule has 0 aliphatic carbocycles. The SMILES string of the molecule is COCC1(C(=O)O)CCN(C(=O)c2cc(-c3ccccn3)ccc2Cl)C1. The van der Waals surface area contributed by atoms with Gasteiger partial charge in [0.05, 0.1) is 22.9 Å². The van der Waals surface area contributed by atoms with Gasteiger partial charge in [0, 0.05) is 32.0 Å². The molecule has 1 aromatic carbocycles. The van der Waals surface area contributed by atoms with Crippen molar-refractivity contribution in [1.29, 1.82) is 0 Å². The Kier molecular flexibility index (Phi) is 5.25. The van der Waals surface area contributed by atoms with Gasteiger partial charge >= 0.3 is 5.97 Å². The Hall–Kier alpha value is -2.44. The molecule has 1 fully saturated rings. The van der Waals surface area contributed by atoms with Crippen molar-refractivity contribution in [1.82, 2.24) is 9.88 Å². The molecule has 136 valence electrons. The number of carboxylic acids is 1. The van der Waals surface area contributed by atoms with Gasteiger partial charge in [0.15, 0.2) is 0 Å². The maximum atomic E-state index is 13.0. The predicted molar refractivity (Wildman–Crippen MR) is 97.1 cm³/mol. The van der Waals surface area contributed by atoms with E-state index in [1.807, 2.05) is 18.2 Å². The number of amides is 1. The molecule has 0 spiro atoms. The molecule has 26 heavy (non-hydrogen) atoms. The first-order chi connectivity index (χ1) is 12.5. The molecule has 1 unspecified atom stereocenters. The topological polar surface area (TPSA) is 79.7 Å². The maximum Gasteiger partial charge on any atom is 0.313 e. The number of aromatic nitrogens is 1. The van der Waals surface area contributed by atoms with E-state index >= 15 is 0 Å². The summed E-state index contributed by atoms with van der Waals surface area (Å²) in [5, 5.41) is 9.89. The van der Waals surface area contributed by atoms with Gasteiger partial charge in [-0.05, 0) is 30.7 Å². The molecule has 0 bridgehead atoms. The second kappa shape index (κ2) is 7.43. The number of hydrogen-bond donors (Lipinski definition) is 1. The van der Waals surface area contributed by atoms with Crippen LogP contribution in [0.5, 0.6) is 0 Å². The van der Waals surface area contributed by atoms with E-state index in [0.717, 1.165) is 11.3 Å². The number of likely N-dealkylation sites (tertiary alicyclic amines) is 1. The number of carboxylic acid groups (broad SMARTS) is 1. The summed E-state index contributed by atoms with van der Waals surface area (Å²) in [7, 11) is 1.46. The molecule has 2 heterocycles. The quantitative estimate of drug-likeness (QED) is 0.870. The molecule has 1 amide bonds. The summed E-state index contributed by atoms with van der Waals surface area (Å²) in [6.45, 7) is 0.506. The Morgan fingerprint density at radius 2 is 2.15 bits per heavy atom. The van der Waals surface area contributed by atoms with Gasteiger partial charge in [0.25, 0.3) is 5.91 Å². The van der Waals surface area contributed by atoms with Crippen LogP contribution in [-0.2, 0) is 9.53 Å². The van der Waals surface area contributed by atoms with Crippen LogP contribution in [-0.4, -0.2) is 53.7 Å². The Morgan fingerprint density at radius 3 is 2.81 bits per heavy atom. The summed E-state index contributed by atoms with van der Waals surface area (Å²) in [5.41, 5.74) is 0.779. The number of ether oxygens (including phenoxy) is 1. The van der Waals surface area contributed by atoms with Crippen molar-refractivity contribution in [2.24, 2.45) is 5.41 Å². The first kappa shape index (κ1) is 18.4. The average molecular weight is 375 g/mol. The number of hydrogen-bond acceptors (Lipinski definition) is 4. The molecule has 3 rings (SSSR count). The molecule has 1 aromatic heterocycles. The first-order valence-corrected chi connectivity index (χ1v) is 8.57. The summed E-state index contributed by atoms with van der Waals surface area (Å²) < 4.78 is 5.07. The molecule has 1 aliphatic rings. The molecule has 1 atom stereocenters. The molecule has 2 aromatic rings. The van der Waals surface area contributed by atoms with Crippen LogP contribution in [0.1, 0.15) is 16.8 Å². The third kappa shape index (κ3) is 3.43. The Bertz CT molecular complexity index is 828. The van der Waals surface area contributed by atoms with Gasteiger partial charge in [-0.15, -0.1) is 0 Å². The first-order valence-electron chi connectivity index (χ1n) is 8.19. The summed E-state index contributed by atoms with van der Waals surface area (Å²) in [6, 6.07) is 10.7. The van der Waals surface area contributed by atoms with Crippen LogP contribution in [0.15, 0.2) is 42.6 Å². The maximum absolute atomic E-state index is 13.0. The highest BCUT2D eigenvalue weighted by atomic mass is 35.5. The van der Waals surface area contributed by atoms with Crippen LogP contribution in [0.3, 0.4) is 0 Å². The normalized spacial score (nSPS) is 19.5. The second-order valence-corrected chi connectivity index (χ2v) is 6.81. The predicted octanol–water partition coefficient (Wildman–Crippen LogP) is 2.97. The van der Waals surface area contributed by atoms with Crippen molar-refractivity contribution >= 4 is 23.5 Å². The fourth-order valence-electron chi connectivity index (χ4n) is 3.23. The van der Waals surface area contributed by atoms with E-state index in [1.165, 1.54) is 12.0 Å². The minimum absolute atomic E-state index is 0.0633. The van der Waals surface area contributed by atoms with Gasteiger partial charge in [-0.2, -0.15) is 0 Å². The monoisotopic (exact) mass is 374 g/mol. The summed E-state index contributed by atoms with van der Waals surface area (Å²) in [4.78, 5) is 30.4. The van der Waals surface area contributed by atoms with E-state index in [-0.39, 0.29) is 19.1 Å². The molecule has 0 saturated carbocycles. The standard InChI is InChI=1S/C19H19ClN2O4/c1-26-12-19(18(24)25)7-9-22(11-19)17(23)14-10-13(5-6-15(14)20)16-4-2-3-8-21-16/h2-6,8,10H,7,9,11-12H2,1H3,(H,24,25). The van der Waals surface area contributed by atoms with Crippen LogP contribution < -0.4 is 0 Å². The molecule has 1 saturated heterocycles. The van der Waals surface area contributed by atoms with Crippen molar-refractivity contribution in [3.05, 3.63) is 53.2 Å². The van der Waals surface area contributed by atoms with Crippen LogP contribution in [0.2, 0.25) is 5.02 Å². The largest absolute Gasteiger partial charge is 0.481 e. The fraction of sp³-hybridized carbons (Fsp3) is 0.316. The van der Waals surface area contributed by atoms with Crippen LogP contribution in [0.4, 0.5) is 0 Å². The number of benzene rings is 1. The zero-order valence-electron chi connectivity index (χ0n) is 14.3. The highest BCUT2D eigenvalue weighted by Gasteiger charge is 2.46. The van der Waals surface area contributed by atoms with E-state index in [0.29, 0.717) is 23.6 Å². The lowest BCUT2D eigenvalue weighted by Crippen LogP contribution is -2.40. The van der Waals surface area contributed by atoms with Gasteiger partial charge in [0.2, 0.25) is 0 Å². The molecular formula is C19H19ClN2O4.